The molecule has 1 fully saturated rings. The maximum atomic E-state index is 12.0. The van der Waals surface area contributed by atoms with E-state index in [0.717, 1.165) is 25.9 Å². The molecule has 0 bridgehead atoms. The lowest BCUT2D eigenvalue weighted by atomic mass is 10.1. The Hall–Kier alpha value is -1.55. The van der Waals surface area contributed by atoms with E-state index in [4.69, 9.17) is 4.74 Å². The summed E-state index contributed by atoms with van der Waals surface area (Å²) in [5, 5.41) is 0. The van der Waals surface area contributed by atoms with E-state index in [-0.39, 0.29) is 12.1 Å². The van der Waals surface area contributed by atoms with Gasteiger partial charge in [0.2, 0.25) is 0 Å². The first-order valence-electron chi connectivity index (χ1n) is 6.35. The van der Waals surface area contributed by atoms with Crippen molar-refractivity contribution in [3.63, 3.8) is 0 Å². The third-order valence-corrected chi connectivity index (χ3v) is 3.38. The summed E-state index contributed by atoms with van der Waals surface area (Å²) in [6.07, 6.45) is 1.90. The molecule has 0 aromatic heterocycles. The Morgan fingerprint density at radius 3 is 2.78 bits per heavy atom. The highest BCUT2D eigenvalue weighted by molar-refractivity contribution is 5.70. The van der Waals surface area contributed by atoms with Crippen LogP contribution in [0.2, 0.25) is 0 Å². The second kappa shape index (κ2) is 5.87. The largest absolute Gasteiger partial charge is 0.415 e. The van der Waals surface area contributed by atoms with Crippen LogP contribution in [0.4, 0.5) is 4.79 Å². The molecule has 1 amide bonds. The van der Waals surface area contributed by atoms with Crippen molar-refractivity contribution in [2.75, 3.05) is 27.2 Å². The minimum atomic E-state index is -0.276. The lowest BCUT2D eigenvalue weighted by Gasteiger charge is -2.35. The topological polar surface area (TPSA) is 32.8 Å². The number of nitrogens with zero attached hydrogens (tertiary/aromatic N) is 2. The maximum absolute atomic E-state index is 12.0. The van der Waals surface area contributed by atoms with E-state index in [1.807, 2.05) is 25.2 Å². The number of carbonyl (C=O) groups excluding carboxylic acids is 1. The molecule has 1 aromatic carbocycles. The van der Waals surface area contributed by atoms with E-state index in [0.29, 0.717) is 5.75 Å². The second-order valence-electron chi connectivity index (χ2n) is 4.85. The van der Waals surface area contributed by atoms with E-state index < -0.39 is 0 Å². The summed E-state index contributed by atoms with van der Waals surface area (Å²) < 4.78 is 5.33. The summed E-state index contributed by atoms with van der Waals surface area (Å²) in [6, 6.07) is 9.45. The third kappa shape index (κ3) is 3.23. The predicted octanol–water partition coefficient (Wildman–Crippen LogP) is 2.21. The summed E-state index contributed by atoms with van der Waals surface area (Å²) in [6.45, 7) is 2.03. The van der Waals surface area contributed by atoms with Gasteiger partial charge in [0.1, 0.15) is 5.75 Å². The van der Waals surface area contributed by atoms with Crippen LogP contribution in [0.15, 0.2) is 30.3 Å². The number of benzene rings is 1. The van der Waals surface area contributed by atoms with Crippen molar-refractivity contribution >= 4 is 6.09 Å². The average molecular weight is 248 g/mol. The number of hydrogen-bond donors (Lipinski definition) is 0. The van der Waals surface area contributed by atoms with Gasteiger partial charge in [0.05, 0.1) is 0 Å². The Morgan fingerprint density at radius 1 is 1.39 bits per heavy atom. The van der Waals surface area contributed by atoms with Crippen LogP contribution in [0.25, 0.3) is 0 Å². The van der Waals surface area contributed by atoms with Gasteiger partial charge < -0.3 is 14.5 Å². The normalized spacial score (nSPS) is 20.4. The number of piperidine rings is 1. The van der Waals surface area contributed by atoms with Crippen molar-refractivity contribution in [3.8, 4) is 5.75 Å². The van der Waals surface area contributed by atoms with Gasteiger partial charge in [-0.3, -0.25) is 0 Å². The minimum Gasteiger partial charge on any atom is -0.410 e. The van der Waals surface area contributed by atoms with Crippen molar-refractivity contribution in [2.24, 2.45) is 0 Å². The van der Waals surface area contributed by atoms with Crippen LogP contribution in [0, 0.1) is 0 Å². The van der Waals surface area contributed by atoms with E-state index in [1.54, 1.807) is 17.0 Å². The van der Waals surface area contributed by atoms with Gasteiger partial charge in [0.25, 0.3) is 0 Å². The molecule has 0 saturated carbocycles. The van der Waals surface area contributed by atoms with Crippen molar-refractivity contribution < 1.29 is 9.53 Å². The van der Waals surface area contributed by atoms with Gasteiger partial charge in [-0.05, 0) is 38.6 Å². The molecule has 1 aromatic rings. The van der Waals surface area contributed by atoms with Crippen molar-refractivity contribution in [3.05, 3.63) is 30.3 Å². The van der Waals surface area contributed by atoms with Gasteiger partial charge >= 0.3 is 6.09 Å². The number of likely N-dealkylation sites (N-methyl/N-ethyl adjacent to an activating group) is 2. The number of hydrogen-bond acceptors (Lipinski definition) is 3. The maximum Gasteiger partial charge on any atom is 0.415 e. The highest BCUT2D eigenvalue weighted by atomic mass is 16.6. The van der Waals surface area contributed by atoms with Gasteiger partial charge in [0.15, 0.2) is 0 Å². The van der Waals surface area contributed by atoms with Crippen LogP contribution in [0.3, 0.4) is 0 Å². The summed E-state index contributed by atoms with van der Waals surface area (Å²) >= 11 is 0. The summed E-state index contributed by atoms with van der Waals surface area (Å²) in [5.41, 5.74) is 0. The number of para-hydroxylation sites is 1. The van der Waals surface area contributed by atoms with Gasteiger partial charge in [0, 0.05) is 19.6 Å². The molecule has 4 heteroatoms. The van der Waals surface area contributed by atoms with Gasteiger partial charge in [-0.2, -0.15) is 0 Å². The zero-order chi connectivity index (χ0) is 13.0. The van der Waals surface area contributed by atoms with Crippen molar-refractivity contribution in [1.82, 2.24) is 9.80 Å². The van der Waals surface area contributed by atoms with Crippen LogP contribution in [0.5, 0.6) is 5.75 Å². The minimum absolute atomic E-state index is 0.250. The second-order valence-corrected chi connectivity index (χ2v) is 4.85. The molecule has 1 saturated heterocycles. The first-order chi connectivity index (χ1) is 8.66. The fourth-order valence-electron chi connectivity index (χ4n) is 2.27. The third-order valence-electron chi connectivity index (χ3n) is 3.38. The Bertz CT molecular complexity index is 394. The van der Waals surface area contributed by atoms with Crippen LogP contribution < -0.4 is 4.74 Å². The monoisotopic (exact) mass is 248 g/mol. The van der Waals surface area contributed by atoms with Crippen LogP contribution >= 0.6 is 0 Å². The molecular weight excluding hydrogens is 228 g/mol. The standard InChI is InChI=1S/C14H20N2O2/c1-15-10-6-7-12(11-15)16(2)14(17)18-13-8-4-3-5-9-13/h3-5,8-9,12H,6-7,10-11H2,1-2H3. The van der Waals surface area contributed by atoms with E-state index in [9.17, 15) is 4.79 Å². The van der Waals surface area contributed by atoms with Gasteiger partial charge in [-0.25, -0.2) is 4.79 Å². The zero-order valence-electron chi connectivity index (χ0n) is 11.0. The molecule has 2 rings (SSSR count). The first-order valence-corrected chi connectivity index (χ1v) is 6.35. The predicted molar refractivity (Wildman–Crippen MR) is 70.7 cm³/mol. The number of carbonyl (C=O) groups is 1. The average Bonchev–Trinajstić information content (AvgIpc) is 2.39. The van der Waals surface area contributed by atoms with E-state index in [2.05, 4.69) is 11.9 Å². The highest BCUT2D eigenvalue weighted by Gasteiger charge is 2.25. The summed E-state index contributed by atoms with van der Waals surface area (Å²) in [7, 11) is 3.90. The molecule has 98 valence electrons. The highest BCUT2D eigenvalue weighted by Crippen LogP contribution is 2.16. The first kappa shape index (κ1) is 12.9. The Labute approximate surface area is 108 Å². The Morgan fingerprint density at radius 2 is 2.11 bits per heavy atom. The number of rotatable bonds is 2. The molecule has 0 N–H and O–H groups in total. The molecule has 1 aliphatic rings. The fourth-order valence-corrected chi connectivity index (χ4v) is 2.27. The van der Waals surface area contributed by atoms with Crippen LogP contribution in [0.1, 0.15) is 12.8 Å². The van der Waals surface area contributed by atoms with Crippen molar-refractivity contribution in [2.45, 2.75) is 18.9 Å². The molecule has 1 atom stereocenters. The molecule has 18 heavy (non-hydrogen) atoms. The molecule has 0 aliphatic carbocycles. The molecule has 1 unspecified atom stereocenters. The molecule has 1 aliphatic heterocycles. The quantitative estimate of drug-likeness (QED) is 0.804. The fraction of sp³-hybridized carbons (Fsp3) is 0.500. The van der Waals surface area contributed by atoms with Gasteiger partial charge in [-0.15, -0.1) is 0 Å². The lowest BCUT2D eigenvalue weighted by Crippen LogP contribution is -2.48. The molecular formula is C14H20N2O2. The lowest BCUT2D eigenvalue weighted by molar-refractivity contribution is 0.112. The van der Waals surface area contributed by atoms with E-state index >= 15 is 0 Å². The Kier molecular flexibility index (Phi) is 4.20. The summed E-state index contributed by atoms with van der Waals surface area (Å²) in [4.78, 5) is 16.0. The molecule has 0 radical (unpaired) electrons. The molecule has 1 heterocycles. The summed E-state index contributed by atoms with van der Waals surface area (Å²) in [5.74, 6) is 0.596. The Balaban J connectivity index is 1.92. The van der Waals surface area contributed by atoms with Gasteiger partial charge in [-0.1, -0.05) is 18.2 Å². The SMILES string of the molecule is CN1CCCC(N(C)C(=O)Oc2ccccc2)C1. The van der Waals surface area contributed by atoms with E-state index in [1.165, 1.54) is 0 Å². The van der Waals surface area contributed by atoms with Crippen molar-refractivity contribution in [1.29, 1.82) is 0 Å². The number of ether oxygens (including phenoxy) is 1. The number of likely N-dealkylation sites (tertiary alicyclic amines) is 1. The molecule has 0 spiro atoms. The van der Waals surface area contributed by atoms with Crippen LogP contribution in [-0.2, 0) is 0 Å². The number of amides is 1. The smallest absolute Gasteiger partial charge is 0.410 e. The molecule has 4 nitrogen and oxygen atoms in total. The van der Waals surface area contributed by atoms with Crippen LogP contribution in [-0.4, -0.2) is 49.1 Å². The zero-order valence-corrected chi connectivity index (χ0v) is 11.0.